The van der Waals surface area contributed by atoms with Gasteiger partial charge in [-0.25, -0.2) is 14.4 Å². The van der Waals surface area contributed by atoms with Gasteiger partial charge in [0.25, 0.3) is 0 Å². The summed E-state index contributed by atoms with van der Waals surface area (Å²) >= 11 is 0. The largest absolute Gasteiger partial charge is 0.371 e. The second kappa shape index (κ2) is 5.32. The predicted molar refractivity (Wildman–Crippen MR) is 79.2 cm³/mol. The van der Waals surface area contributed by atoms with Crippen molar-refractivity contribution in [1.29, 1.82) is 0 Å². The molecule has 0 aliphatic rings. The molecule has 0 saturated carbocycles. The van der Waals surface area contributed by atoms with Crippen LogP contribution in [0.4, 0.5) is 10.2 Å². The Morgan fingerprint density at radius 2 is 2.00 bits per heavy atom. The molecule has 1 aromatic carbocycles. The monoisotopic (exact) mass is 283 g/mol. The number of benzene rings is 1. The van der Waals surface area contributed by atoms with Crippen molar-refractivity contribution in [2.24, 2.45) is 7.05 Å². The van der Waals surface area contributed by atoms with Crippen LogP contribution < -0.4 is 5.32 Å². The minimum atomic E-state index is -0.468. The number of aryl methyl sites for hydroxylation is 1. The molecular weight excluding hydrogens is 269 g/mol. The van der Waals surface area contributed by atoms with Crippen LogP contribution in [-0.2, 0) is 7.05 Å². The maximum atomic E-state index is 13.4. The second-order valence-corrected chi connectivity index (χ2v) is 4.56. The number of aromatic nitrogens is 4. The van der Waals surface area contributed by atoms with Crippen LogP contribution >= 0.6 is 0 Å². The summed E-state index contributed by atoms with van der Waals surface area (Å²) in [6.45, 7) is 0. The summed E-state index contributed by atoms with van der Waals surface area (Å²) in [5, 5.41) is 6.88. The lowest BCUT2D eigenvalue weighted by Gasteiger charge is -2.07. The summed E-state index contributed by atoms with van der Waals surface area (Å²) in [6, 6.07) is 9.70. The van der Waals surface area contributed by atoms with Crippen LogP contribution in [0.1, 0.15) is 0 Å². The van der Waals surface area contributed by atoms with Crippen molar-refractivity contribution in [3.05, 3.63) is 48.5 Å². The van der Waals surface area contributed by atoms with Crippen LogP contribution in [0.25, 0.3) is 22.6 Å². The summed E-state index contributed by atoms with van der Waals surface area (Å²) in [5.74, 6) is 0.194. The Morgan fingerprint density at radius 3 is 2.71 bits per heavy atom. The van der Waals surface area contributed by atoms with E-state index in [4.69, 9.17) is 0 Å². The van der Waals surface area contributed by atoms with E-state index >= 15 is 0 Å². The topological polar surface area (TPSA) is 55.6 Å². The molecule has 2 heterocycles. The maximum absolute atomic E-state index is 13.4. The van der Waals surface area contributed by atoms with Crippen LogP contribution in [0.2, 0.25) is 0 Å². The molecule has 0 bridgehead atoms. The number of hydrogen-bond acceptors (Lipinski definition) is 4. The maximum Gasteiger partial charge on any atom is 0.183 e. The van der Waals surface area contributed by atoms with E-state index in [9.17, 15) is 4.39 Å². The first-order valence-electron chi connectivity index (χ1n) is 6.48. The van der Waals surface area contributed by atoms with Gasteiger partial charge in [0.05, 0.1) is 11.9 Å². The van der Waals surface area contributed by atoms with Gasteiger partial charge >= 0.3 is 0 Å². The fraction of sp³-hybridized carbons (Fsp3) is 0.133. The number of hydrogen-bond donors (Lipinski definition) is 1. The smallest absolute Gasteiger partial charge is 0.183 e. The van der Waals surface area contributed by atoms with E-state index in [-0.39, 0.29) is 5.82 Å². The average Bonchev–Trinajstić information content (AvgIpc) is 2.94. The molecule has 6 heteroatoms. The van der Waals surface area contributed by atoms with Crippen molar-refractivity contribution < 1.29 is 4.39 Å². The van der Waals surface area contributed by atoms with E-state index in [0.29, 0.717) is 5.82 Å². The second-order valence-electron chi connectivity index (χ2n) is 4.56. The lowest BCUT2D eigenvalue weighted by atomic mass is 10.1. The Labute approximate surface area is 121 Å². The Kier molecular flexibility index (Phi) is 3.35. The van der Waals surface area contributed by atoms with Crippen LogP contribution in [0.3, 0.4) is 0 Å². The fourth-order valence-electron chi connectivity index (χ4n) is 2.16. The molecule has 21 heavy (non-hydrogen) atoms. The van der Waals surface area contributed by atoms with E-state index in [0.717, 1.165) is 16.8 Å². The molecule has 3 aromatic rings. The zero-order valence-corrected chi connectivity index (χ0v) is 11.7. The Morgan fingerprint density at radius 1 is 1.19 bits per heavy atom. The minimum absolute atomic E-state index is 0.186. The van der Waals surface area contributed by atoms with Crippen molar-refractivity contribution in [2.75, 3.05) is 12.4 Å². The lowest BCUT2D eigenvalue weighted by molar-refractivity contribution is 0.619. The number of anilines is 1. The molecule has 0 unspecified atom stereocenters. The third-order valence-electron chi connectivity index (χ3n) is 3.22. The number of nitrogens with zero attached hydrogens (tertiary/aromatic N) is 4. The zero-order chi connectivity index (χ0) is 14.8. The van der Waals surface area contributed by atoms with Gasteiger partial charge in [-0.2, -0.15) is 5.10 Å². The fourth-order valence-corrected chi connectivity index (χ4v) is 2.16. The van der Waals surface area contributed by atoms with Crippen LogP contribution in [0.5, 0.6) is 0 Å². The molecule has 3 rings (SSSR count). The van der Waals surface area contributed by atoms with Gasteiger partial charge in [-0.05, 0) is 12.1 Å². The summed E-state index contributed by atoms with van der Waals surface area (Å²) in [5.41, 5.74) is 2.82. The van der Waals surface area contributed by atoms with Gasteiger partial charge in [-0.3, -0.25) is 4.68 Å². The quantitative estimate of drug-likeness (QED) is 0.803. The third-order valence-corrected chi connectivity index (χ3v) is 3.22. The number of halogens is 1. The van der Waals surface area contributed by atoms with Gasteiger partial charge in [-0.1, -0.05) is 18.2 Å². The summed E-state index contributed by atoms with van der Waals surface area (Å²) in [7, 11) is 3.51. The first kappa shape index (κ1) is 13.2. The lowest BCUT2D eigenvalue weighted by Crippen LogP contribution is -2.00. The number of nitrogens with one attached hydrogen (secondary N) is 1. The first-order valence-corrected chi connectivity index (χ1v) is 6.48. The van der Waals surface area contributed by atoms with E-state index in [1.165, 1.54) is 6.20 Å². The van der Waals surface area contributed by atoms with Crippen molar-refractivity contribution >= 4 is 5.82 Å². The van der Waals surface area contributed by atoms with E-state index in [1.807, 2.05) is 37.4 Å². The van der Waals surface area contributed by atoms with Crippen LogP contribution in [0.15, 0.2) is 42.7 Å². The zero-order valence-electron chi connectivity index (χ0n) is 11.7. The van der Waals surface area contributed by atoms with Crippen molar-refractivity contribution in [1.82, 2.24) is 19.7 Å². The molecular formula is C15H14FN5. The molecule has 0 amide bonds. The van der Waals surface area contributed by atoms with Crippen molar-refractivity contribution in [3.8, 4) is 22.6 Å². The normalized spacial score (nSPS) is 10.6. The van der Waals surface area contributed by atoms with Crippen LogP contribution in [-0.4, -0.2) is 26.8 Å². The Bertz CT molecular complexity index is 781. The molecule has 0 aliphatic heterocycles. The molecule has 2 aromatic heterocycles. The SMILES string of the molecule is CNc1nc(-c2cccc(-c3ccnn3C)c2)ncc1F. The van der Waals surface area contributed by atoms with Crippen molar-refractivity contribution in [3.63, 3.8) is 0 Å². The molecule has 1 N–H and O–H groups in total. The highest BCUT2D eigenvalue weighted by Gasteiger charge is 2.09. The number of rotatable bonds is 3. The van der Waals surface area contributed by atoms with E-state index in [1.54, 1.807) is 17.9 Å². The standard InChI is InChI=1S/C15H14FN5/c1-17-15-12(16)9-18-14(20-15)11-5-3-4-10(8-11)13-6-7-19-21(13)2/h3-9H,1-2H3,(H,17,18,20). The molecule has 0 fully saturated rings. The molecule has 0 atom stereocenters. The first-order chi connectivity index (χ1) is 10.2. The molecule has 0 aliphatic carbocycles. The summed E-state index contributed by atoms with van der Waals surface area (Å²) in [6.07, 6.45) is 2.92. The van der Waals surface area contributed by atoms with Crippen LogP contribution in [0, 0.1) is 5.82 Å². The van der Waals surface area contributed by atoms with Gasteiger partial charge in [0.1, 0.15) is 0 Å². The summed E-state index contributed by atoms with van der Waals surface area (Å²) in [4.78, 5) is 8.24. The van der Waals surface area contributed by atoms with Gasteiger partial charge in [0.2, 0.25) is 0 Å². The highest BCUT2D eigenvalue weighted by molar-refractivity contribution is 5.68. The Balaban J connectivity index is 2.06. The van der Waals surface area contributed by atoms with Gasteiger partial charge in [-0.15, -0.1) is 0 Å². The van der Waals surface area contributed by atoms with E-state index in [2.05, 4.69) is 20.4 Å². The molecule has 0 spiro atoms. The van der Waals surface area contributed by atoms with E-state index < -0.39 is 5.82 Å². The van der Waals surface area contributed by atoms with Gasteiger partial charge in [0, 0.05) is 31.4 Å². The predicted octanol–water partition coefficient (Wildman–Crippen LogP) is 2.72. The van der Waals surface area contributed by atoms with Crippen molar-refractivity contribution in [2.45, 2.75) is 0 Å². The minimum Gasteiger partial charge on any atom is -0.371 e. The highest BCUT2D eigenvalue weighted by atomic mass is 19.1. The molecule has 5 nitrogen and oxygen atoms in total. The molecule has 106 valence electrons. The van der Waals surface area contributed by atoms with Gasteiger partial charge in [0.15, 0.2) is 17.5 Å². The summed E-state index contributed by atoms with van der Waals surface area (Å²) < 4.78 is 15.2. The van der Waals surface area contributed by atoms with Gasteiger partial charge < -0.3 is 5.32 Å². The Hall–Kier alpha value is -2.76. The molecule has 0 saturated heterocycles. The molecule has 0 radical (unpaired) electrons. The highest BCUT2D eigenvalue weighted by Crippen LogP contribution is 2.24. The average molecular weight is 283 g/mol. The third kappa shape index (κ3) is 2.47.